The molecule has 0 radical (unpaired) electrons. The van der Waals surface area contributed by atoms with Gasteiger partial charge in [-0.15, -0.1) is 5.10 Å². The van der Waals surface area contributed by atoms with Crippen molar-refractivity contribution in [3.63, 3.8) is 0 Å². The van der Waals surface area contributed by atoms with E-state index in [1.807, 2.05) is 36.2 Å². The second kappa shape index (κ2) is 9.33. The fourth-order valence-corrected chi connectivity index (χ4v) is 3.77. The summed E-state index contributed by atoms with van der Waals surface area (Å²) in [7, 11) is 1.98. The number of amides is 1. The molecule has 1 saturated heterocycles. The van der Waals surface area contributed by atoms with Crippen LogP contribution in [0.4, 0.5) is 0 Å². The summed E-state index contributed by atoms with van der Waals surface area (Å²) >= 11 is 6.34. The first kappa shape index (κ1) is 19.8. The lowest BCUT2D eigenvalue weighted by Crippen LogP contribution is -2.39. The Kier molecular flexibility index (Phi) is 6.85. The van der Waals surface area contributed by atoms with Gasteiger partial charge < -0.3 is 10.2 Å². The van der Waals surface area contributed by atoms with Crippen molar-refractivity contribution in [3.05, 3.63) is 40.9 Å². The number of nitrogens with one attached hydrogen (secondary N) is 1. The molecule has 0 aliphatic carbocycles. The number of halogens is 1. The van der Waals surface area contributed by atoms with E-state index in [9.17, 15) is 4.79 Å². The molecule has 146 valence electrons. The van der Waals surface area contributed by atoms with E-state index in [1.54, 1.807) is 4.68 Å². The first-order chi connectivity index (χ1) is 13.1. The van der Waals surface area contributed by atoms with Gasteiger partial charge in [0.2, 0.25) is 5.82 Å². The lowest BCUT2D eigenvalue weighted by molar-refractivity contribution is 0.0674. The highest BCUT2D eigenvalue weighted by atomic mass is 35.5. The summed E-state index contributed by atoms with van der Waals surface area (Å²) in [6.07, 6.45) is 4.92. The molecule has 1 amide bonds. The van der Waals surface area contributed by atoms with Gasteiger partial charge in [0.15, 0.2) is 0 Å². The molecular formula is C20H28ClN5O. The summed E-state index contributed by atoms with van der Waals surface area (Å²) in [5.41, 5.74) is 0.764. The van der Waals surface area contributed by atoms with E-state index in [1.165, 1.54) is 6.42 Å². The minimum atomic E-state index is -0.0785. The summed E-state index contributed by atoms with van der Waals surface area (Å²) in [5.74, 6) is 1.65. The highest BCUT2D eigenvalue weighted by molar-refractivity contribution is 6.32. The van der Waals surface area contributed by atoms with Gasteiger partial charge in [-0.2, -0.15) is 0 Å². The molecule has 0 saturated carbocycles. The third-order valence-electron chi connectivity index (χ3n) is 5.12. The van der Waals surface area contributed by atoms with Crippen LogP contribution in [0.15, 0.2) is 24.3 Å². The van der Waals surface area contributed by atoms with Crippen LogP contribution in [-0.2, 0) is 6.42 Å². The normalized spacial score (nSPS) is 15.3. The number of hydrogen-bond acceptors (Lipinski definition) is 4. The molecule has 1 fully saturated rings. The van der Waals surface area contributed by atoms with Crippen LogP contribution in [0.1, 0.15) is 49.1 Å². The molecule has 6 nitrogen and oxygen atoms in total. The van der Waals surface area contributed by atoms with Gasteiger partial charge in [0.05, 0.1) is 10.7 Å². The van der Waals surface area contributed by atoms with Crippen molar-refractivity contribution in [2.24, 2.45) is 5.92 Å². The van der Waals surface area contributed by atoms with Crippen LogP contribution < -0.4 is 5.32 Å². The molecule has 1 aliphatic rings. The molecule has 0 bridgehead atoms. The van der Waals surface area contributed by atoms with Crippen LogP contribution in [0.5, 0.6) is 0 Å². The van der Waals surface area contributed by atoms with E-state index in [0.717, 1.165) is 56.8 Å². The van der Waals surface area contributed by atoms with E-state index in [-0.39, 0.29) is 11.7 Å². The van der Waals surface area contributed by atoms with Crippen molar-refractivity contribution in [2.75, 3.05) is 26.7 Å². The lowest BCUT2D eigenvalue weighted by atomic mass is 9.93. The maximum Gasteiger partial charge on any atom is 0.293 e. The number of piperidine rings is 1. The Morgan fingerprint density at radius 3 is 2.70 bits per heavy atom. The van der Waals surface area contributed by atoms with Gasteiger partial charge in [-0.3, -0.25) is 4.79 Å². The molecular weight excluding hydrogens is 362 g/mol. The number of para-hydroxylation sites is 1. The van der Waals surface area contributed by atoms with Crippen molar-refractivity contribution < 1.29 is 4.79 Å². The van der Waals surface area contributed by atoms with Crippen LogP contribution in [0, 0.1) is 5.92 Å². The van der Waals surface area contributed by atoms with Crippen LogP contribution in [0.3, 0.4) is 0 Å². The van der Waals surface area contributed by atoms with Crippen LogP contribution in [0.2, 0.25) is 5.02 Å². The van der Waals surface area contributed by atoms with Gasteiger partial charge in [0, 0.05) is 19.5 Å². The number of likely N-dealkylation sites (tertiary alicyclic amines) is 1. The molecule has 1 aromatic carbocycles. The molecule has 3 rings (SSSR count). The Hall–Kier alpha value is -1.92. The summed E-state index contributed by atoms with van der Waals surface area (Å²) in [6, 6.07) is 7.52. The second-order valence-electron chi connectivity index (χ2n) is 7.09. The Morgan fingerprint density at radius 2 is 2.04 bits per heavy atom. The third-order valence-corrected chi connectivity index (χ3v) is 5.44. The molecule has 7 heteroatoms. The highest BCUT2D eigenvalue weighted by Gasteiger charge is 2.27. The van der Waals surface area contributed by atoms with Crippen molar-refractivity contribution in [1.29, 1.82) is 0 Å². The average molecular weight is 390 g/mol. The fraction of sp³-hybridized carbons (Fsp3) is 0.550. The molecule has 1 aromatic heterocycles. The number of benzene rings is 1. The molecule has 1 N–H and O–H groups in total. The number of aryl methyl sites for hydroxylation is 1. The molecule has 1 aliphatic heterocycles. The van der Waals surface area contributed by atoms with Crippen molar-refractivity contribution in [1.82, 2.24) is 25.0 Å². The number of carbonyl (C=O) groups is 1. The zero-order valence-electron chi connectivity index (χ0n) is 16.1. The van der Waals surface area contributed by atoms with Gasteiger partial charge in [-0.05, 0) is 57.3 Å². The van der Waals surface area contributed by atoms with E-state index >= 15 is 0 Å². The quantitative estimate of drug-likeness (QED) is 0.788. The maximum absolute atomic E-state index is 12.9. The number of aromatic nitrogens is 3. The van der Waals surface area contributed by atoms with Crippen LogP contribution in [0.25, 0.3) is 5.69 Å². The van der Waals surface area contributed by atoms with Crippen LogP contribution >= 0.6 is 11.6 Å². The van der Waals surface area contributed by atoms with E-state index in [2.05, 4.69) is 22.3 Å². The van der Waals surface area contributed by atoms with Gasteiger partial charge in [0.1, 0.15) is 5.82 Å². The molecule has 2 heterocycles. The van der Waals surface area contributed by atoms with Gasteiger partial charge in [-0.25, -0.2) is 9.67 Å². The van der Waals surface area contributed by atoms with Crippen molar-refractivity contribution in [2.45, 2.75) is 39.0 Å². The smallest absolute Gasteiger partial charge is 0.293 e. The summed E-state index contributed by atoms with van der Waals surface area (Å²) < 4.78 is 1.72. The average Bonchev–Trinajstić information content (AvgIpc) is 3.10. The minimum Gasteiger partial charge on any atom is -0.336 e. The summed E-state index contributed by atoms with van der Waals surface area (Å²) in [5, 5.41) is 8.33. The minimum absolute atomic E-state index is 0.0785. The largest absolute Gasteiger partial charge is 0.336 e. The van der Waals surface area contributed by atoms with E-state index < -0.39 is 0 Å². The third kappa shape index (κ3) is 4.68. The van der Waals surface area contributed by atoms with Gasteiger partial charge in [0.25, 0.3) is 5.91 Å². The molecule has 0 spiro atoms. The maximum atomic E-state index is 12.9. The number of carbonyl (C=O) groups excluding carboxylic acids is 1. The summed E-state index contributed by atoms with van der Waals surface area (Å²) in [4.78, 5) is 19.4. The zero-order chi connectivity index (χ0) is 19.2. The Labute approximate surface area is 165 Å². The first-order valence-corrected chi connectivity index (χ1v) is 10.2. The standard InChI is InChI=1S/C20H28ClN5O/c1-3-6-18-23-19(24-26(18)17-8-5-4-7-16(17)21)20(27)25-13-10-15(11-14-25)9-12-22-2/h4-5,7-8,15,22H,3,6,9-14H2,1-2H3. The Morgan fingerprint density at radius 1 is 1.30 bits per heavy atom. The Balaban J connectivity index is 1.76. The highest BCUT2D eigenvalue weighted by Crippen LogP contribution is 2.23. The van der Waals surface area contributed by atoms with Crippen molar-refractivity contribution >= 4 is 17.5 Å². The van der Waals surface area contributed by atoms with Crippen molar-refractivity contribution in [3.8, 4) is 5.69 Å². The van der Waals surface area contributed by atoms with E-state index in [4.69, 9.17) is 11.6 Å². The molecule has 0 unspecified atom stereocenters. The predicted octanol–water partition coefficient (Wildman–Crippen LogP) is 3.33. The molecule has 2 aromatic rings. The van der Waals surface area contributed by atoms with Gasteiger partial charge in [-0.1, -0.05) is 30.7 Å². The second-order valence-corrected chi connectivity index (χ2v) is 7.50. The summed E-state index contributed by atoms with van der Waals surface area (Å²) in [6.45, 7) is 4.67. The number of nitrogens with zero attached hydrogens (tertiary/aromatic N) is 4. The van der Waals surface area contributed by atoms with E-state index in [0.29, 0.717) is 10.9 Å². The molecule has 27 heavy (non-hydrogen) atoms. The SMILES string of the molecule is CCCc1nc(C(=O)N2CCC(CCNC)CC2)nn1-c1ccccc1Cl. The fourth-order valence-electron chi connectivity index (χ4n) is 3.55. The lowest BCUT2D eigenvalue weighted by Gasteiger charge is -2.31. The predicted molar refractivity (Wildman–Crippen MR) is 108 cm³/mol. The Bertz CT molecular complexity index is 767. The number of rotatable bonds is 7. The monoisotopic (exact) mass is 389 g/mol. The number of hydrogen-bond donors (Lipinski definition) is 1. The topological polar surface area (TPSA) is 63.1 Å². The van der Waals surface area contributed by atoms with Crippen LogP contribution in [-0.4, -0.2) is 52.3 Å². The molecule has 0 atom stereocenters. The van der Waals surface area contributed by atoms with Gasteiger partial charge >= 0.3 is 0 Å². The zero-order valence-corrected chi connectivity index (χ0v) is 16.9. The first-order valence-electron chi connectivity index (χ1n) is 9.78.